The zero-order valence-corrected chi connectivity index (χ0v) is 12.8. The molecule has 1 saturated carbocycles. The van der Waals surface area contributed by atoms with Gasteiger partial charge in [-0.1, -0.05) is 26.7 Å². The number of hydrogen-bond acceptors (Lipinski definition) is 2. The van der Waals surface area contributed by atoms with Crippen molar-refractivity contribution in [3.63, 3.8) is 0 Å². The Hall–Kier alpha value is -0.570. The van der Waals surface area contributed by atoms with Crippen molar-refractivity contribution in [1.29, 1.82) is 0 Å². The van der Waals surface area contributed by atoms with Crippen LogP contribution in [-0.2, 0) is 4.79 Å². The first-order valence-corrected chi connectivity index (χ1v) is 7.99. The molecule has 0 bridgehead atoms. The lowest BCUT2D eigenvalue weighted by Crippen LogP contribution is -2.55. The molecule has 3 atom stereocenters. The number of amides is 1. The van der Waals surface area contributed by atoms with E-state index in [0.717, 1.165) is 25.8 Å². The fourth-order valence-corrected chi connectivity index (χ4v) is 3.93. The highest BCUT2D eigenvalue weighted by Gasteiger charge is 2.41. The molecule has 3 heteroatoms. The standard InChI is InChI=1S/C16H30N2O/c1-12(17)14-9-5-7-11-18(14)15(19)13-8-4-6-10-16(13,2)3/h12-14H,4-11,17H2,1-3H3. The Balaban J connectivity index is 2.12. The zero-order valence-electron chi connectivity index (χ0n) is 12.8. The van der Waals surface area contributed by atoms with Gasteiger partial charge in [0.15, 0.2) is 0 Å². The third kappa shape index (κ3) is 3.13. The Bertz CT molecular complexity index is 325. The fourth-order valence-electron chi connectivity index (χ4n) is 3.93. The molecule has 2 fully saturated rings. The number of piperidine rings is 1. The minimum atomic E-state index is 0.0935. The largest absolute Gasteiger partial charge is 0.338 e. The van der Waals surface area contributed by atoms with Crippen LogP contribution in [0, 0.1) is 11.3 Å². The molecule has 0 aromatic rings. The van der Waals surface area contributed by atoms with Crippen molar-refractivity contribution < 1.29 is 4.79 Å². The first kappa shape index (κ1) is 14.8. The summed E-state index contributed by atoms with van der Waals surface area (Å²) in [5, 5.41) is 0. The number of hydrogen-bond donors (Lipinski definition) is 1. The summed E-state index contributed by atoms with van der Waals surface area (Å²) in [7, 11) is 0. The van der Waals surface area contributed by atoms with Crippen LogP contribution < -0.4 is 5.73 Å². The number of carbonyl (C=O) groups excluding carboxylic acids is 1. The van der Waals surface area contributed by atoms with Gasteiger partial charge in [0.05, 0.1) is 0 Å². The lowest BCUT2D eigenvalue weighted by atomic mass is 9.68. The highest BCUT2D eigenvalue weighted by Crippen LogP contribution is 2.42. The number of nitrogens with two attached hydrogens (primary N) is 1. The topological polar surface area (TPSA) is 46.3 Å². The molecule has 19 heavy (non-hydrogen) atoms. The molecule has 0 radical (unpaired) electrons. The van der Waals surface area contributed by atoms with E-state index in [1.165, 1.54) is 25.7 Å². The van der Waals surface area contributed by atoms with E-state index in [1.807, 2.05) is 6.92 Å². The number of nitrogens with zero attached hydrogens (tertiary/aromatic N) is 1. The van der Waals surface area contributed by atoms with Crippen molar-refractivity contribution in [3.8, 4) is 0 Å². The summed E-state index contributed by atoms with van der Waals surface area (Å²) in [5.74, 6) is 0.590. The van der Waals surface area contributed by atoms with Gasteiger partial charge in [-0.3, -0.25) is 4.79 Å². The van der Waals surface area contributed by atoms with Crippen molar-refractivity contribution in [2.24, 2.45) is 17.1 Å². The second-order valence-electron chi connectivity index (χ2n) is 7.24. The van der Waals surface area contributed by atoms with Crippen LogP contribution in [-0.4, -0.2) is 29.4 Å². The van der Waals surface area contributed by atoms with Crippen LogP contribution in [0.4, 0.5) is 0 Å². The van der Waals surface area contributed by atoms with Crippen molar-refractivity contribution >= 4 is 5.91 Å². The van der Waals surface area contributed by atoms with Crippen LogP contribution >= 0.6 is 0 Å². The first-order chi connectivity index (χ1) is 8.93. The number of carbonyl (C=O) groups is 1. The maximum Gasteiger partial charge on any atom is 0.226 e. The summed E-state index contributed by atoms with van der Waals surface area (Å²) in [6, 6.07) is 0.356. The van der Waals surface area contributed by atoms with Gasteiger partial charge < -0.3 is 10.6 Å². The molecule has 3 unspecified atom stereocenters. The molecule has 1 heterocycles. The molecule has 1 aliphatic heterocycles. The lowest BCUT2D eigenvalue weighted by molar-refractivity contribution is -0.145. The zero-order chi connectivity index (χ0) is 14.0. The van der Waals surface area contributed by atoms with Crippen LogP contribution in [0.1, 0.15) is 65.7 Å². The third-order valence-corrected chi connectivity index (χ3v) is 5.24. The van der Waals surface area contributed by atoms with E-state index in [-0.39, 0.29) is 23.4 Å². The van der Waals surface area contributed by atoms with E-state index >= 15 is 0 Å². The molecule has 0 aromatic heterocycles. The van der Waals surface area contributed by atoms with E-state index < -0.39 is 0 Å². The molecule has 2 rings (SSSR count). The van der Waals surface area contributed by atoms with Gasteiger partial charge in [0.1, 0.15) is 0 Å². The first-order valence-electron chi connectivity index (χ1n) is 7.99. The van der Waals surface area contributed by atoms with Gasteiger partial charge in [-0.05, 0) is 44.4 Å². The summed E-state index contributed by atoms with van der Waals surface area (Å²) >= 11 is 0. The fraction of sp³-hybridized carbons (Fsp3) is 0.938. The van der Waals surface area contributed by atoms with Crippen LogP contribution in [0.15, 0.2) is 0 Å². The maximum atomic E-state index is 13.0. The normalized spacial score (nSPS) is 32.9. The van der Waals surface area contributed by atoms with Crippen LogP contribution in [0.5, 0.6) is 0 Å². The van der Waals surface area contributed by atoms with E-state index in [9.17, 15) is 4.79 Å². The van der Waals surface area contributed by atoms with E-state index in [4.69, 9.17) is 5.73 Å². The Morgan fingerprint density at radius 3 is 2.53 bits per heavy atom. The molecule has 2 N–H and O–H groups in total. The predicted octanol–water partition coefficient (Wildman–Crippen LogP) is 2.93. The van der Waals surface area contributed by atoms with Gasteiger partial charge in [0, 0.05) is 24.5 Å². The second-order valence-corrected chi connectivity index (χ2v) is 7.24. The molecule has 1 aliphatic carbocycles. The number of likely N-dealkylation sites (tertiary alicyclic amines) is 1. The van der Waals surface area contributed by atoms with Gasteiger partial charge in [-0.2, -0.15) is 0 Å². The highest BCUT2D eigenvalue weighted by atomic mass is 16.2. The van der Waals surface area contributed by atoms with Gasteiger partial charge in [-0.25, -0.2) is 0 Å². The summed E-state index contributed by atoms with van der Waals surface area (Å²) in [5.41, 5.74) is 6.26. The average Bonchev–Trinajstić information content (AvgIpc) is 2.37. The molecular formula is C16H30N2O. The predicted molar refractivity (Wildman–Crippen MR) is 78.7 cm³/mol. The van der Waals surface area contributed by atoms with Gasteiger partial charge in [0.25, 0.3) is 0 Å². The minimum Gasteiger partial charge on any atom is -0.338 e. The monoisotopic (exact) mass is 266 g/mol. The third-order valence-electron chi connectivity index (χ3n) is 5.24. The van der Waals surface area contributed by atoms with Crippen LogP contribution in [0.25, 0.3) is 0 Å². The molecule has 0 spiro atoms. The van der Waals surface area contributed by atoms with Gasteiger partial charge >= 0.3 is 0 Å². The summed E-state index contributed by atoms with van der Waals surface area (Å²) in [6.07, 6.45) is 8.15. The molecule has 0 aromatic carbocycles. The SMILES string of the molecule is CC(N)C1CCCCN1C(=O)C1CCCCC1(C)C. The molecule has 2 aliphatic rings. The van der Waals surface area contributed by atoms with Gasteiger partial charge in [-0.15, -0.1) is 0 Å². The minimum absolute atomic E-state index is 0.0935. The Morgan fingerprint density at radius 2 is 1.89 bits per heavy atom. The smallest absolute Gasteiger partial charge is 0.226 e. The molecule has 110 valence electrons. The van der Waals surface area contributed by atoms with Crippen molar-refractivity contribution in [2.45, 2.75) is 77.8 Å². The quantitative estimate of drug-likeness (QED) is 0.835. The van der Waals surface area contributed by atoms with E-state index in [1.54, 1.807) is 0 Å². The second kappa shape index (κ2) is 5.82. The molecule has 3 nitrogen and oxygen atoms in total. The highest BCUT2D eigenvalue weighted by molar-refractivity contribution is 5.80. The van der Waals surface area contributed by atoms with Crippen LogP contribution in [0.2, 0.25) is 0 Å². The van der Waals surface area contributed by atoms with Crippen molar-refractivity contribution in [2.75, 3.05) is 6.54 Å². The summed E-state index contributed by atoms with van der Waals surface area (Å²) < 4.78 is 0. The Labute approximate surface area is 117 Å². The van der Waals surface area contributed by atoms with Crippen LogP contribution in [0.3, 0.4) is 0 Å². The molecule has 1 saturated heterocycles. The van der Waals surface area contributed by atoms with E-state index in [2.05, 4.69) is 18.7 Å². The van der Waals surface area contributed by atoms with Crippen molar-refractivity contribution in [3.05, 3.63) is 0 Å². The summed E-state index contributed by atoms with van der Waals surface area (Å²) in [4.78, 5) is 15.1. The van der Waals surface area contributed by atoms with Crippen molar-refractivity contribution in [1.82, 2.24) is 4.90 Å². The van der Waals surface area contributed by atoms with Gasteiger partial charge in [0.2, 0.25) is 5.91 Å². The number of rotatable bonds is 2. The Kier molecular flexibility index (Phi) is 4.54. The summed E-state index contributed by atoms with van der Waals surface area (Å²) in [6.45, 7) is 7.49. The molecular weight excluding hydrogens is 236 g/mol. The Morgan fingerprint density at radius 1 is 1.21 bits per heavy atom. The van der Waals surface area contributed by atoms with E-state index in [0.29, 0.717) is 5.91 Å². The average molecular weight is 266 g/mol. The maximum absolute atomic E-state index is 13.0. The lowest BCUT2D eigenvalue weighted by Gasteiger charge is -2.45. The molecule has 1 amide bonds.